The van der Waals surface area contributed by atoms with Gasteiger partial charge in [0.05, 0.1) is 10.7 Å². The largest absolute Gasteiger partial charge is 0.507 e. The monoisotopic (exact) mass is 342 g/mol. The van der Waals surface area contributed by atoms with Crippen LogP contribution in [0.25, 0.3) is 0 Å². The molecule has 0 amide bonds. The minimum Gasteiger partial charge on any atom is -0.507 e. The zero-order chi connectivity index (χ0) is 9.14. The maximum absolute atomic E-state index is 9.43. The fourth-order valence-electron chi connectivity index (χ4n) is 0.847. The highest BCUT2D eigenvalue weighted by Gasteiger charge is 2.06. The van der Waals surface area contributed by atoms with Crippen molar-refractivity contribution < 1.29 is 9.84 Å². The Bertz CT molecular complexity index is 259. The Morgan fingerprint density at radius 2 is 2.25 bits per heavy atom. The standard InChI is InChI=1S/C8H8BrIO2/c1-12-8-3-7(11)5(4-9)2-6(8)10/h2-3,11H,4H2,1H3. The van der Waals surface area contributed by atoms with Crippen molar-refractivity contribution in [3.05, 3.63) is 21.3 Å². The zero-order valence-electron chi connectivity index (χ0n) is 6.47. The Labute approximate surface area is 93.2 Å². The van der Waals surface area contributed by atoms with E-state index in [1.165, 1.54) is 0 Å². The molecule has 4 heteroatoms. The van der Waals surface area contributed by atoms with Crippen molar-refractivity contribution in [1.29, 1.82) is 0 Å². The van der Waals surface area contributed by atoms with Gasteiger partial charge in [-0.15, -0.1) is 0 Å². The predicted molar refractivity (Wildman–Crippen MR) is 60.0 cm³/mol. The number of phenols is 1. The van der Waals surface area contributed by atoms with Gasteiger partial charge in [0.25, 0.3) is 0 Å². The van der Waals surface area contributed by atoms with Gasteiger partial charge in [0, 0.05) is 17.0 Å². The lowest BCUT2D eigenvalue weighted by Crippen LogP contribution is -1.89. The van der Waals surface area contributed by atoms with Crippen molar-refractivity contribution in [3.8, 4) is 11.5 Å². The molecule has 0 bridgehead atoms. The molecule has 1 aromatic carbocycles. The molecule has 1 N–H and O–H groups in total. The number of halogens is 2. The molecular formula is C8H8BrIO2. The molecule has 1 aromatic rings. The lowest BCUT2D eigenvalue weighted by atomic mass is 10.2. The molecule has 0 saturated heterocycles. The molecule has 0 aliphatic heterocycles. The second kappa shape index (κ2) is 4.32. The average Bonchev–Trinajstić information content (AvgIpc) is 2.08. The van der Waals surface area contributed by atoms with Gasteiger partial charge >= 0.3 is 0 Å². The normalized spacial score (nSPS) is 9.92. The molecule has 0 radical (unpaired) electrons. The van der Waals surface area contributed by atoms with E-state index in [9.17, 15) is 5.11 Å². The van der Waals surface area contributed by atoms with Crippen LogP contribution in [0.5, 0.6) is 11.5 Å². The molecule has 0 aliphatic carbocycles. The topological polar surface area (TPSA) is 29.5 Å². The summed E-state index contributed by atoms with van der Waals surface area (Å²) in [5, 5.41) is 10.1. The number of phenolic OH excluding ortho intramolecular Hbond substituents is 1. The number of benzene rings is 1. The van der Waals surface area contributed by atoms with Gasteiger partial charge in [-0.25, -0.2) is 0 Å². The molecule has 0 fully saturated rings. The van der Waals surface area contributed by atoms with Gasteiger partial charge < -0.3 is 9.84 Å². The van der Waals surface area contributed by atoms with Crippen molar-refractivity contribution in [1.82, 2.24) is 0 Å². The minimum atomic E-state index is 0.268. The van der Waals surface area contributed by atoms with Crippen LogP contribution in [0.2, 0.25) is 0 Å². The highest BCUT2D eigenvalue weighted by Crippen LogP contribution is 2.30. The molecule has 1 rings (SSSR count). The smallest absolute Gasteiger partial charge is 0.135 e. The van der Waals surface area contributed by atoms with Crippen LogP contribution >= 0.6 is 38.5 Å². The Morgan fingerprint density at radius 1 is 1.58 bits per heavy atom. The molecule has 0 aromatic heterocycles. The van der Waals surface area contributed by atoms with Gasteiger partial charge in [0.15, 0.2) is 0 Å². The van der Waals surface area contributed by atoms with Crippen LogP contribution in [0.4, 0.5) is 0 Å². The van der Waals surface area contributed by atoms with E-state index in [1.807, 2.05) is 6.07 Å². The van der Waals surface area contributed by atoms with E-state index < -0.39 is 0 Å². The first-order valence-corrected chi connectivity index (χ1v) is 5.50. The maximum atomic E-state index is 9.43. The van der Waals surface area contributed by atoms with Crippen LogP contribution in [0, 0.1) is 3.57 Å². The molecular weight excluding hydrogens is 335 g/mol. The fourth-order valence-corrected chi connectivity index (χ4v) is 2.05. The van der Waals surface area contributed by atoms with Gasteiger partial charge in [-0.2, -0.15) is 0 Å². The second-order valence-electron chi connectivity index (χ2n) is 2.25. The SMILES string of the molecule is COc1cc(O)c(CBr)cc1I. The zero-order valence-corrected chi connectivity index (χ0v) is 10.2. The third-order valence-electron chi connectivity index (χ3n) is 1.50. The molecule has 0 unspecified atom stereocenters. The van der Waals surface area contributed by atoms with Gasteiger partial charge in [0.1, 0.15) is 11.5 Å². The van der Waals surface area contributed by atoms with Crippen molar-refractivity contribution in [2.75, 3.05) is 7.11 Å². The maximum Gasteiger partial charge on any atom is 0.135 e. The van der Waals surface area contributed by atoms with E-state index in [0.29, 0.717) is 11.1 Å². The molecule has 12 heavy (non-hydrogen) atoms. The molecule has 0 heterocycles. The summed E-state index contributed by atoms with van der Waals surface area (Å²) in [6, 6.07) is 3.52. The number of hydrogen-bond donors (Lipinski definition) is 1. The summed E-state index contributed by atoms with van der Waals surface area (Å²) in [5.41, 5.74) is 0.875. The van der Waals surface area contributed by atoms with E-state index in [1.54, 1.807) is 13.2 Å². The predicted octanol–water partition coefficient (Wildman–Crippen LogP) is 2.90. The summed E-state index contributed by atoms with van der Waals surface area (Å²) in [5.74, 6) is 0.974. The average molecular weight is 343 g/mol. The van der Waals surface area contributed by atoms with Crippen LogP contribution in [-0.2, 0) is 5.33 Å². The first-order chi connectivity index (χ1) is 5.69. The number of hydrogen-bond acceptors (Lipinski definition) is 2. The van der Waals surface area contributed by atoms with Crippen LogP contribution < -0.4 is 4.74 Å². The Morgan fingerprint density at radius 3 is 2.75 bits per heavy atom. The minimum absolute atomic E-state index is 0.268. The number of alkyl halides is 1. The van der Waals surface area contributed by atoms with Gasteiger partial charge in [-0.3, -0.25) is 0 Å². The van der Waals surface area contributed by atoms with Crippen molar-refractivity contribution >= 4 is 38.5 Å². The van der Waals surface area contributed by atoms with E-state index in [4.69, 9.17) is 4.74 Å². The van der Waals surface area contributed by atoms with E-state index in [0.717, 1.165) is 9.13 Å². The molecule has 66 valence electrons. The molecule has 0 atom stereocenters. The number of methoxy groups -OCH3 is 1. The number of rotatable bonds is 2. The number of aromatic hydroxyl groups is 1. The van der Waals surface area contributed by atoms with Crippen molar-refractivity contribution in [2.24, 2.45) is 0 Å². The quantitative estimate of drug-likeness (QED) is 0.661. The van der Waals surface area contributed by atoms with E-state index in [-0.39, 0.29) is 5.75 Å². The molecule has 2 nitrogen and oxygen atoms in total. The van der Waals surface area contributed by atoms with Gasteiger partial charge in [-0.1, -0.05) is 15.9 Å². The fraction of sp³-hybridized carbons (Fsp3) is 0.250. The third-order valence-corrected chi connectivity index (χ3v) is 2.94. The molecule has 0 spiro atoms. The molecule has 0 aliphatic rings. The lowest BCUT2D eigenvalue weighted by Gasteiger charge is -2.06. The first-order valence-electron chi connectivity index (χ1n) is 3.30. The Hall–Kier alpha value is 0.0300. The number of ether oxygens (including phenoxy) is 1. The highest BCUT2D eigenvalue weighted by molar-refractivity contribution is 14.1. The summed E-state index contributed by atoms with van der Waals surface area (Å²) < 4.78 is 6.04. The first kappa shape index (κ1) is 10.1. The summed E-state index contributed by atoms with van der Waals surface area (Å²) in [6.07, 6.45) is 0. The third kappa shape index (κ3) is 2.04. The van der Waals surface area contributed by atoms with Gasteiger partial charge in [0.2, 0.25) is 0 Å². The lowest BCUT2D eigenvalue weighted by molar-refractivity contribution is 0.404. The van der Waals surface area contributed by atoms with Crippen molar-refractivity contribution in [2.45, 2.75) is 5.33 Å². The summed E-state index contributed by atoms with van der Waals surface area (Å²) in [7, 11) is 1.59. The van der Waals surface area contributed by atoms with E-state index >= 15 is 0 Å². The van der Waals surface area contributed by atoms with E-state index in [2.05, 4.69) is 38.5 Å². The Balaban J connectivity index is 3.16. The second-order valence-corrected chi connectivity index (χ2v) is 3.97. The summed E-state index contributed by atoms with van der Waals surface area (Å²) in [6.45, 7) is 0. The summed E-state index contributed by atoms with van der Waals surface area (Å²) in [4.78, 5) is 0. The van der Waals surface area contributed by atoms with Crippen LogP contribution in [0.15, 0.2) is 12.1 Å². The Kier molecular flexibility index (Phi) is 3.64. The van der Waals surface area contributed by atoms with Crippen LogP contribution in [-0.4, -0.2) is 12.2 Å². The van der Waals surface area contributed by atoms with Crippen LogP contribution in [0.1, 0.15) is 5.56 Å². The van der Waals surface area contributed by atoms with Crippen LogP contribution in [0.3, 0.4) is 0 Å². The summed E-state index contributed by atoms with van der Waals surface area (Å²) >= 11 is 5.45. The van der Waals surface area contributed by atoms with Gasteiger partial charge in [-0.05, 0) is 28.7 Å². The highest BCUT2D eigenvalue weighted by atomic mass is 127. The molecule has 0 saturated carbocycles. The van der Waals surface area contributed by atoms with Crippen molar-refractivity contribution in [3.63, 3.8) is 0 Å².